The van der Waals surface area contributed by atoms with Crippen molar-refractivity contribution < 1.29 is 98.5 Å². The van der Waals surface area contributed by atoms with Gasteiger partial charge in [-0.2, -0.15) is 0 Å². The van der Waals surface area contributed by atoms with E-state index in [4.69, 9.17) is 0 Å². The van der Waals surface area contributed by atoms with Gasteiger partial charge in [-0.05, 0) is 0 Å². The molecule has 15 heavy (non-hydrogen) atoms. The first kappa shape index (κ1) is 21.9. The Balaban J connectivity index is -0.000000720. The van der Waals surface area contributed by atoms with Gasteiger partial charge in [0.25, 0.3) is 0 Å². The summed E-state index contributed by atoms with van der Waals surface area (Å²) in [5.74, 6) is 0. The Morgan fingerprint density at radius 2 is 1.33 bits per heavy atom. The Morgan fingerprint density at radius 1 is 0.867 bits per heavy atom. The molecule has 0 fully saturated rings. The van der Waals surface area contributed by atoms with Crippen LogP contribution in [0.4, 0.5) is 0 Å². The van der Waals surface area contributed by atoms with E-state index >= 15 is 0 Å². The average molecular weight is 282 g/mol. The van der Waals surface area contributed by atoms with Crippen molar-refractivity contribution in [2.24, 2.45) is 0 Å². The second-order valence-corrected chi connectivity index (χ2v) is 3.53. The third-order valence-corrected chi connectivity index (χ3v) is 1.24. The van der Waals surface area contributed by atoms with Crippen LogP contribution in [0.2, 0.25) is 0 Å². The Kier molecular flexibility index (Phi) is 14.2. The van der Waals surface area contributed by atoms with Crippen molar-refractivity contribution in [1.29, 1.82) is 0 Å². The number of hydrogen-bond acceptors (Lipinski definition) is 9. The van der Waals surface area contributed by atoms with E-state index in [0.29, 0.717) is 0 Å². The molecule has 0 N–H and O–H groups in total. The molecular formula is C2H4Na2O9S2. The van der Waals surface area contributed by atoms with Gasteiger partial charge >= 0.3 is 59.1 Å². The first-order valence-corrected chi connectivity index (χ1v) is 5.24. The maximum Gasteiger partial charge on any atom is 1.00 e. The fourth-order valence-corrected chi connectivity index (χ4v) is 0.721. The van der Waals surface area contributed by atoms with Crippen molar-refractivity contribution in [3.05, 3.63) is 0 Å². The normalized spacial score (nSPS) is 11.3. The van der Waals surface area contributed by atoms with Gasteiger partial charge in [0.05, 0.1) is 6.61 Å². The first-order chi connectivity index (χ1) is 5.71. The SMILES string of the molecule is O=S(=O)([O-])OCCOOS(=O)(=O)[O-].[Na+].[Na+]. The van der Waals surface area contributed by atoms with Crippen molar-refractivity contribution >= 4 is 20.8 Å². The predicted octanol–water partition coefficient (Wildman–Crippen LogP) is -8.12. The molecule has 0 aliphatic heterocycles. The summed E-state index contributed by atoms with van der Waals surface area (Å²) in [5, 5.41) is 0. The molecule has 0 saturated carbocycles. The zero-order valence-electron chi connectivity index (χ0n) is 7.90. The molecule has 0 aromatic heterocycles. The molecule has 0 aliphatic rings. The first-order valence-electron chi connectivity index (χ1n) is 2.58. The minimum atomic E-state index is -5.00. The molecule has 0 heterocycles. The van der Waals surface area contributed by atoms with Gasteiger partial charge in [-0.1, -0.05) is 0 Å². The Hall–Kier alpha value is 1.70. The topological polar surface area (TPSA) is 142 Å². The predicted molar refractivity (Wildman–Crippen MR) is 32.4 cm³/mol. The van der Waals surface area contributed by atoms with Gasteiger partial charge < -0.3 is 9.11 Å². The molecule has 9 nitrogen and oxygen atoms in total. The van der Waals surface area contributed by atoms with Crippen molar-refractivity contribution in [3.8, 4) is 0 Å². The molecule has 0 amide bonds. The van der Waals surface area contributed by atoms with Crippen LogP contribution in [0.1, 0.15) is 0 Å². The van der Waals surface area contributed by atoms with Crippen LogP contribution in [0.3, 0.4) is 0 Å². The zero-order valence-corrected chi connectivity index (χ0v) is 13.5. The van der Waals surface area contributed by atoms with Crippen LogP contribution in [0, 0.1) is 0 Å². The summed E-state index contributed by atoms with van der Waals surface area (Å²) in [4.78, 5) is 3.66. The van der Waals surface area contributed by atoms with Crippen molar-refractivity contribution in [3.63, 3.8) is 0 Å². The maximum absolute atomic E-state index is 9.74. The van der Waals surface area contributed by atoms with Crippen LogP contribution >= 0.6 is 0 Å². The fraction of sp³-hybridized carbons (Fsp3) is 1.00. The van der Waals surface area contributed by atoms with E-state index in [0.717, 1.165) is 0 Å². The minimum absolute atomic E-state index is 0. The maximum atomic E-state index is 9.74. The van der Waals surface area contributed by atoms with Crippen LogP contribution in [-0.2, 0) is 34.2 Å². The third-order valence-electron chi connectivity index (χ3n) is 0.526. The molecular weight excluding hydrogens is 278 g/mol. The molecule has 0 unspecified atom stereocenters. The summed E-state index contributed by atoms with van der Waals surface area (Å²) in [5.41, 5.74) is 0. The van der Waals surface area contributed by atoms with Crippen LogP contribution < -0.4 is 59.1 Å². The summed E-state index contributed by atoms with van der Waals surface area (Å²) >= 11 is 0. The Morgan fingerprint density at radius 3 is 1.67 bits per heavy atom. The molecule has 0 aromatic rings. The Labute approximate surface area is 131 Å². The molecule has 13 heteroatoms. The zero-order chi connectivity index (χ0) is 10.5. The second-order valence-electron chi connectivity index (χ2n) is 1.53. The van der Waals surface area contributed by atoms with E-state index in [-0.39, 0.29) is 59.1 Å². The molecule has 0 aliphatic carbocycles. The van der Waals surface area contributed by atoms with Gasteiger partial charge in [-0.25, -0.2) is 21.7 Å². The molecule has 0 atom stereocenters. The van der Waals surface area contributed by atoms with Gasteiger partial charge in [0.1, 0.15) is 6.61 Å². The van der Waals surface area contributed by atoms with Crippen LogP contribution in [0.25, 0.3) is 0 Å². The smallest absolute Gasteiger partial charge is 0.726 e. The van der Waals surface area contributed by atoms with E-state index in [2.05, 4.69) is 13.4 Å². The van der Waals surface area contributed by atoms with E-state index in [1.165, 1.54) is 0 Å². The largest absolute Gasteiger partial charge is 1.00 e. The van der Waals surface area contributed by atoms with Crippen molar-refractivity contribution in [2.75, 3.05) is 13.2 Å². The van der Waals surface area contributed by atoms with Gasteiger partial charge in [-0.3, -0.25) is 4.18 Å². The summed E-state index contributed by atoms with van der Waals surface area (Å²) in [7, 11) is -9.85. The van der Waals surface area contributed by atoms with Gasteiger partial charge in [0.2, 0.25) is 20.8 Å². The van der Waals surface area contributed by atoms with Gasteiger partial charge in [-0.15, -0.1) is 4.33 Å². The van der Waals surface area contributed by atoms with E-state index in [1.54, 1.807) is 0 Å². The summed E-state index contributed by atoms with van der Waals surface area (Å²) < 4.78 is 65.0. The summed E-state index contributed by atoms with van der Waals surface area (Å²) in [6, 6.07) is 0. The van der Waals surface area contributed by atoms with Gasteiger partial charge in [0.15, 0.2) is 0 Å². The quantitative estimate of drug-likeness (QED) is 0.116. The standard InChI is InChI=1S/C2H6O9S2.2Na/c3-12(4,5)10-2-1-9-11-13(6,7)8;;/h1-2H2,(H,3,4,5)(H,6,7,8);;/q;2*+1/p-2. The molecule has 0 spiro atoms. The monoisotopic (exact) mass is 282 g/mol. The van der Waals surface area contributed by atoms with Crippen LogP contribution in [0.5, 0.6) is 0 Å². The molecule has 0 radical (unpaired) electrons. The van der Waals surface area contributed by atoms with Crippen molar-refractivity contribution in [2.45, 2.75) is 0 Å². The van der Waals surface area contributed by atoms with E-state index < -0.39 is 34.0 Å². The van der Waals surface area contributed by atoms with Crippen LogP contribution in [-0.4, -0.2) is 39.2 Å². The molecule has 0 saturated heterocycles. The Bertz CT molecular complexity index is 297. The summed E-state index contributed by atoms with van der Waals surface area (Å²) in [6.45, 7) is -1.44. The average Bonchev–Trinajstić information content (AvgIpc) is 1.81. The fourth-order valence-electron chi connectivity index (χ4n) is 0.263. The summed E-state index contributed by atoms with van der Waals surface area (Å²) in [6.07, 6.45) is 0. The molecule has 0 aromatic carbocycles. The van der Waals surface area contributed by atoms with Crippen LogP contribution in [0.15, 0.2) is 0 Å². The minimum Gasteiger partial charge on any atom is -0.726 e. The third kappa shape index (κ3) is 21.5. The van der Waals surface area contributed by atoms with E-state index in [9.17, 15) is 25.9 Å². The van der Waals surface area contributed by atoms with Gasteiger partial charge in [0, 0.05) is 0 Å². The van der Waals surface area contributed by atoms with E-state index in [1.807, 2.05) is 0 Å². The number of rotatable bonds is 6. The molecule has 0 rings (SSSR count). The molecule has 80 valence electrons. The van der Waals surface area contributed by atoms with Crippen molar-refractivity contribution in [1.82, 2.24) is 0 Å². The second kappa shape index (κ2) is 9.70. The molecule has 0 bridgehead atoms. The number of hydrogen-bond donors (Lipinski definition) is 0.